The number of nitrogens with one attached hydrogen (secondary N) is 1. The third-order valence-corrected chi connectivity index (χ3v) is 5.23. The molecule has 1 aliphatic rings. The minimum absolute atomic E-state index is 0.296. The first-order chi connectivity index (χ1) is 12.8. The molecule has 128 valence electrons. The molecule has 0 unspecified atom stereocenters. The zero-order valence-corrected chi connectivity index (χ0v) is 13.8. The van der Waals surface area contributed by atoms with Gasteiger partial charge in [0, 0.05) is 35.3 Å². The molecular formula is C18H15N7O. The smallest absolute Gasteiger partial charge is 0.141 e. The summed E-state index contributed by atoms with van der Waals surface area (Å²) in [6.07, 6.45) is 10.8. The van der Waals surface area contributed by atoms with E-state index in [1.54, 1.807) is 18.8 Å². The van der Waals surface area contributed by atoms with Crippen LogP contribution >= 0.6 is 0 Å². The molecule has 0 saturated heterocycles. The average Bonchev–Trinajstić information content (AvgIpc) is 3.38. The van der Waals surface area contributed by atoms with Gasteiger partial charge < -0.3 is 9.51 Å². The Morgan fingerprint density at radius 3 is 3.08 bits per heavy atom. The molecule has 4 aromatic rings. The van der Waals surface area contributed by atoms with Crippen molar-refractivity contribution in [3.63, 3.8) is 0 Å². The van der Waals surface area contributed by atoms with E-state index in [2.05, 4.69) is 31.3 Å². The van der Waals surface area contributed by atoms with Gasteiger partial charge in [-0.25, -0.2) is 9.97 Å². The number of fused-ring (bicyclic) bond motifs is 1. The summed E-state index contributed by atoms with van der Waals surface area (Å²) in [6, 6.07) is 6.16. The molecule has 4 aromatic heterocycles. The maximum atomic E-state index is 9.33. The number of nitrogens with zero attached hydrogens (tertiary/aromatic N) is 6. The third-order valence-electron chi connectivity index (χ3n) is 5.23. The lowest BCUT2D eigenvalue weighted by atomic mass is 9.65. The number of H-pyrrole nitrogens is 1. The highest BCUT2D eigenvalue weighted by molar-refractivity contribution is 5.89. The van der Waals surface area contributed by atoms with E-state index in [1.807, 2.05) is 29.2 Å². The molecule has 0 spiro atoms. The lowest BCUT2D eigenvalue weighted by Crippen LogP contribution is -2.45. The molecule has 1 aliphatic carbocycles. The fraction of sp³-hybridized carbons (Fsp3) is 0.278. The summed E-state index contributed by atoms with van der Waals surface area (Å²) >= 11 is 0. The number of rotatable bonds is 4. The van der Waals surface area contributed by atoms with Gasteiger partial charge >= 0.3 is 0 Å². The Kier molecular flexibility index (Phi) is 3.15. The quantitative estimate of drug-likeness (QED) is 0.609. The second-order valence-corrected chi connectivity index (χ2v) is 6.72. The first-order valence-corrected chi connectivity index (χ1v) is 8.40. The maximum Gasteiger partial charge on any atom is 0.141 e. The van der Waals surface area contributed by atoms with Crippen LogP contribution in [0.3, 0.4) is 0 Å². The van der Waals surface area contributed by atoms with Gasteiger partial charge in [-0.15, -0.1) is 0 Å². The molecule has 5 rings (SSSR count). The number of hydrogen-bond acceptors (Lipinski definition) is 6. The van der Waals surface area contributed by atoms with Crippen molar-refractivity contribution < 1.29 is 4.52 Å². The normalized spacial score (nSPS) is 22.2. The minimum atomic E-state index is -0.305. The van der Waals surface area contributed by atoms with Crippen molar-refractivity contribution in [1.82, 2.24) is 29.9 Å². The molecule has 0 aromatic carbocycles. The Balaban J connectivity index is 1.49. The van der Waals surface area contributed by atoms with E-state index < -0.39 is 0 Å². The second kappa shape index (κ2) is 5.52. The van der Waals surface area contributed by atoms with Gasteiger partial charge in [0.1, 0.15) is 18.2 Å². The number of aromatic nitrogens is 6. The molecule has 0 amide bonds. The van der Waals surface area contributed by atoms with Crippen LogP contribution in [-0.2, 0) is 5.54 Å². The Labute approximate surface area is 148 Å². The van der Waals surface area contributed by atoms with Crippen molar-refractivity contribution in [2.24, 2.45) is 0 Å². The summed E-state index contributed by atoms with van der Waals surface area (Å²) in [5.74, 6) is 0.296. The van der Waals surface area contributed by atoms with Gasteiger partial charge in [-0.1, -0.05) is 5.16 Å². The van der Waals surface area contributed by atoms with Crippen LogP contribution in [0.1, 0.15) is 30.9 Å². The number of hydrogen-bond donors (Lipinski definition) is 1. The molecular weight excluding hydrogens is 330 g/mol. The van der Waals surface area contributed by atoms with Gasteiger partial charge in [-0.05, 0) is 18.9 Å². The Morgan fingerprint density at radius 1 is 1.35 bits per heavy atom. The van der Waals surface area contributed by atoms with Crippen LogP contribution in [0.2, 0.25) is 0 Å². The molecule has 0 radical (unpaired) electrons. The van der Waals surface area contributed by atoms with Gasteiger partial charge in [-0.2, -0.15) is 10.4 Å². The van der Waals surface area contributed by atoms with Crippen molar-refractivity contribution in [2.75, 3.05) is 0 Å². The monoisotopic (exact) mass is 345 g/mol. The van der Waals surface area contributed by atoms with Gasteiger partial charge in [-0.3, -0.25) is 4.68 Å². The molecule has 0 atom stereocenters. The number of aromatic amines is 1. The van der Waals surface area contributed by atoms with Crippen LogP contribution in [0.15, 0.2) is 47.8 Å². The molecule has 0 bridgehead atoms. The van der Waals surface area contributed by atoms with E-state index >= 15 is 0 Å². The fourth-order valence-corrected chi connectivity index (χ4v) is 3.87. The summed E-state index contributed by atoms with van der Waals surface area (Å²) in [6.45, 7) is 0. The molecule has 26 heavy (non-hydrogen) atoms. The van der Waals surface area contributed by atoms with Crippen molar-refractivity contribution in [1.29, 1.82) is 5.26 Å². The third kappa shape index (κ3) is 2.14. The van der Waals surface area contributed by atoms with E-state index in [9.17, 15) is 5.26 Å². The largest absolute Gasteiger partial charge is 0.365 e. The van der Waals surface area contributed by atoms with Crippen molar-refractivity contribution in [2.45, 2.75) is 30.7 Å². The van der Waals surface area contributed by atoms with E-state index in [-0.39, 0.29) is 5.54 Å². The Bertz CT molecular complexity index is 1100. The van der Waals surface area contributed by atoms with Crippen LogP contribution in [0.5, 0.6) is 0 Å². The summed E-state index contributed by atoms with van der Waals surface area (Å²) in [7, 11) is 0. The Morgan fingerprint density at radius 2 is 2.27 bits per heavy atom. The molecule has 1 N–H and O–H groups in total. The van der Waals surface area contributed by atoms with E-state index in [0.29, 0.717) is 12.3 Å². The molecule has 8 heteroatoms. The maximum absolute atomic E-state index is 9.33. The zero-order chi connectivity index (χ0) is 17.6. The molecule has 4 heterocycles. The lowest BCUT2D eigenvalue weighted by molar-refractivity contribution is 0.0964. The molecule has 1 saturated carbocycles. The van der Waals surface area contributed by atoms with Crippen LogP contribution in [0, 0.1) is 11.3 Å². The van der Waals surface area contributed by atoms with Gasteiger partial charge in [0.05, 0.1) is 35.6 Å². The highest BCUT2D eigenvalue weighted by Crippen LogP contribution is 2.51. The summed E-state index contributed by atoms with van der Waals surface area (Å²) in [5, 5.41) is 18.9. The van der Waals surface area contributed by atoms with Gasteiger partial charge in [0.15, 0.2) is 0 Å². The van der Waals surface area contributed by atoms with Crippen molar-refractivity contribution >= 4 is 11.0 Å². The zero-order valence-electron chi connectivity index (χ0n) is 13.8. The van der Waals surface area contributed by atoms with Crippen molar-refractivity contribution in [3.8, 4) is 17.3 Å². The van der Waals surface area contributed by atoms with Gasteiger partial charge in [0.25, 0.3) is 0 Å². The van der Waals surface area contributed by atoms with Crippen LogP contribution in [0.25, 0.3) is 22.3 Å². The SMILES string of the molecule is N#CC[C@]1(n2cc(-c3ncnc4[nH]ccc34)cn2)C[C@@H](c2ccon2)C1. The standard InChI is InChI=1S/C18H15N7O/c19-4-3-18(7-12(8-18)15-2-6-26-24-15)25-10-13(9-23-25)16-14-1-5-20-17(14)22-11-21-16/h1-2,5-6,9-12H,3,7-8H2,(H,20,21,22)/t12-,18+. The predicted octanol–water partition coefficient (Wildman–Crippen LogP) is 3.00. The average molecular weight is 345 g/mol. The minimum Gasteiger partial charge on any atom is -0.365 e. The number of nitriles is 1. The lowest BCUT2D eigenvalue weighted by Gasteiger charge is -2.45. The summed E-state index contributed by atoms with van der Waals surface area (Å²) in [5.41, 5.74) is 3.18. The van der Waals surface area contributed by atoms with Crippen LogP contribution in [0.4, 0.5) is 0 Å². The van der Waals surface area contributed by atoms with E-state index in [1.165, 1.54) is 0 Å². The van der Waals surface area contributed by atoms with E-state index in [4.69, 9.17) is 4.52 Å². The predicted molar refractivity (Wildman–Crippen MR) is 91.8 cm³/mol. The topological polar surface area (TPSA) is 109 Å². The Hall–Kier alpha value is -3.47. The van der Waals surface area contributed by atoms with Gasteiger partial charge in [0.2, 0.25) is 0 Å². The molecule has 8 nitrogen and oxygen atoms in total. The summed E-state index contributed by atoms with van der Waals surface area (Å²) < 4.78 is 6.87. The van der Waals surface area contributed by atoms with Crippen molar-refractivity contribution in [3.05, 3.63) is 49.0 Å². The van der Waals surface area contributed by atoms with Crippen LogP contribution < -0.4 is 0 Å². The van der Waals surface area contributed by atoms with E-state index in [0.717, 1.165) is 40.8 Å². The summed E-state index contributed by atoms with van der Waals surface area (Å²) in [4.78, 5) is 11.7. The first-order valence-electron chi connectivity index (χ1n) is 8.40. The highest BCUT2D eigenvalue weighted by atomic mass is 16.5. The van der Waals surface area contributed by atoms with Crippen LogP contribution in [-0.4, -0.2) is 29.9 Å². The second-order valence-electron chi connectivity index (χ2n) is 6.72. The molecule has 0 aliphatic heterocycles. The highest BCUT2D eigenvalue weighted by Gasteiger charge is 2.48. The fourth-order valence-electron chi connectivity index (χ4n) is 3.87. The first kappa shape index (κ1) is 14.8. The molecule has 1 fully saturated rings.